The normalized spacial score (nSPS) is 23.6. The second kappa shape index (κ2) is 6.72. The molecule has 2 unspecified atom stereocenters. The SMILES string of the molecule is CCC(C)(C(C)N)N(CCO)C1CCCCC1. The Balaban J connectivity index is 2.81. The molecular formula is C14H30N2O. The van der Waals surface area contributed by atoms with Crippen LogP contribution in [0.3, 0.4) is 0 Å². The summed E-state index contributed by atoms with van der Waals surface area (Å²) in [5.41, 5.74) is 6.21. The molecule has 1 rings (SSSR count). The lowest BCUT2D eigenvalue weighted by molar-refractivity contribution is 0.00679. The Bertz CT molecular complexity index is 214. The van der Waals surface area contributed by atoms with Gasteiger partial charge in [-0.05, 0) is 33.1 Å². The van der Waals surface area contributed by atoms with E-state index >= 15 is 0 Å². The third-order valence-corrected chi connectivity index (χ3v) is 4.71. The fraction of sp³-hybridized carbons (Fsp3) is 1.00. The third-order valence-electron chi connectivity index (χ3n) is 4.71. The van der Waals surface area contributed by atoms with Crippen molar-refractivity contribution in [2.75, 3.05) is 13.2 Å². The number of nitrogens with zero attached hydrogens (tertiary/aromatic N) is 1. The lowest BCUT2D eigenvalue weighted by Crippen LogP contribution is -2.61. The molecule has 0 saturated heterocycles. The van der Waals surface area contributed by atoms with Crippen molar-refractivity contribution in [3.63, 3.8) is 0 Å². The Morgan fingerprint density at radius 3 is 2.35 bits per heavy atom. The minimum atomic E-state index is 0.0186. The average Bonchev–Trinajstić information content (AvgIpc) is 2.36. The Morgan fingerprint density at radius 1 is 1.35 bits per heavy atom. The fourth-order valence-electron chi connectivity index (χ4n) is 3.14. The monoisotopic (exact) mass is 242 g/mol. The smallest absolute Gasteiger partial charge is 0.0558 e. The summed E-state index contributed by atoms with van der Waals surface area (Å²) >= 11 is 0. The zero-order chi connectivity index (χ0) is 12.9. The molecule has 1 saturated carbocycles. The summed E-state index contributed by atoms with van der Waals surface area (Å²) in [6.07, 6.45) is 7.59. The van der Waals surface area contributed by atoms with Gasteiger partial charge in [-0.2, -0.15) is 0 Å². The number of aliphatic hydroxyl groups is 1. The molecule has 0 aromatic rings. The molecule has 17 heavy (non-hydrogen) atoms. The van der Waals surface area contributed by atoms with E-state index in [2.05, 4.69) is 25.7 Å². The maximum atomic E-state index is 9.33. The van der Waals surface area contributed by atoms with Gasteiger partial charge in [-0.25, -0.2) is 0 Å². The highest BCUT2D eigenvalue weighted by molar-refractivity contribution is 4.96. The van der Waals surface area contributed by atoms with Gasteiger partial charge in [-0.15, -0.1) is 0 Å². The van der Waals surface area contributed by atoms with E-state index in [1.54, 1.807) is 0 Å². The number of aliphatic hydroxyl groups excluding tert-OH is 1. The van der Waals surface area contributed by atoms with Gasteiger partial charge in [-0.1, -0.05) is 26.2 Å². The summed E-state index contributed by atoms with van der Waals surface area (Å²) < 4.78 is 0. The van der Waals surface area contributed by atoms with Gasteiger partial charge in [0.1, 0.15) is 0 Å². The molecular weight excluding hydrogens is 212 g/mol. The lowest BCUT2D eigenvalue weighted by atomic mass is 9.84. The minimum absolute atomic E-state index is 0.0186. The molecule has 3 heteroatoms. The van der Waals surface area contributed by atoms with Crippen LogP contribution in [0.4, 0.5) is 0 Å². The number of nitrogens with two attached hydrogens (primary N) is 1. The largest absolute Gasteiger partial charge is 0.395 e. The fourth-order valence-corrected chi connectivity index (χ4v) is 3.14. The van der Waals surface area contributed by atoms with Gasteiger partial charge in [0.25, 0.3) is 0 Å². The van der Waals surface area contributed by atoms with E-state index in [4.69, 9.17) is 5.73 Å². The first-order valence-electron chi connectivity index (χ1n) is 7.19. The molecule has 0 radical (unpaired) electrons. The van der Waals surface area contributed by atoms with E-state index in [0.717, 1.165) is 13.0 Å². The second-order valence-corrected chi connectivity index (χ2v) is 5.71. The van der Waals surface area contributed by atoms with Gasteiger partial charge in [0.05, 0.1) is 6.61 Å². The van der Waals surface area contributed by atoms with Crippen LogP contribution in [0.2, 0.25) is 0 Å². The first kappa shape index (κ1) is 14.9. The number of rotatable bonds is 6. The van der Waals surface area contributed by atoms with Gasteiger partial charge in [0.2, 0.25) is 0 Å². The van der Waals surface area contributed by atoms with Gasteiger partial charge in [-0.3, -0.25) is 4.90 Å². The van der Waals surface area contributed by atoms with Crippen LogP contribution in [-0.4, -0.2) is 40.8 Å². The highest BCUT2D eigenvalue weighted by atomic mass is 16.3. The van der Waals surface area contributed by atoms with Crippen LogP contribution in [0.25, 0.3) is 0 Å². The van der Waals surface area contributed by atoms with E-state index < -0.39 is 0 Å². The third kappa shape index (κ3) is 3.43. The molecule has 0 spiro atoms. The van der Waals surface area contributed by atoms with Gasteiger partial charge >= 0.3 is 0 Å². The summed E-state index contributed by atoms with van der Waals surface area (Å²) in [6, 6.07) is 0.757. The Labute approximate surface area is 106 Å². The standard InChI is InChI=1S/C14H30N2O/c1-4-14(3,12(2)15)16(10-11-17)13-8-6-5-7-9-13/h12-13,17H,4-11,15H2,1-3H3. The van der Waals surface area contributed by atoms with Crippen LogP contribution in [0.5, 0.6) is 0 Å². The van der Waals surface area contributed by atoms with Crippen LogP contribution in [0.1, 0.15) is 59.3 Å². The number of hydrogen-bond donors (Lipinski definition) is 2. The first-order chi connectivity index (χ1) is 8.06. The van der Waals surface area contributed by atoms with Crippen molar-refractivity contribution in [1.29, 1.82) is 0 Å². The van der Waals surface area contributed by atoms with Crippen molar-refractivity contribution in [2.45, 2.75) is 76.9 Å². The summed E-state index contributed by atoms with van der Waals surface area (Å²) in [7, 11) is 0. The van der Waals surface area contributed by atoms with Crippen LogP contribution >= 0.6 is 0 Å². The highest BCUT2D eigenvalue weighted by Crippen LogP contribution is 2.31. The zero-order valence-corrected chi connectivity index (χ0v) is 11.8. The molecule has 1 aliphatic carbocycles. The van der Waals surface area contributed by atoms with E-state index in [-0.39, 0.29) is 18.2 Å². The van der Waals surface area contributed by atoms with E-state index in [9.17, 15) is 5.11 Å². The van der Waals surface area contributed by atoms with Gasteiger partial charge in [0.15, 0.2) is 0 Å². The van der Waals surface area contributed by atoms with Crippen molar-refractivity contribution in [3.05, 3.63) is 0 Å². The molecule has 3 N–H and O–H groups in total. The van der Waals surface area contributed by atoms with E-state index in [1.165, 1.54) is 32.1 Å². The maximum Gasteiger partial charge on any atom is 0.0558 e. The van der Waals surface area contributed by atoms with E-state index in [1.807, 2.05) is 0 Å². The van der Waals surface area contributed by atoms with Gasteiger partial charge in [0, 0.05) is 24.2 Å². The maximum absolute atomic E-state index is 9.33. The van der Waals surface area contributed by atoms with Gasteiger partial charge < -0.3 is 10.8 Å². The molecule has 0 bridgehead atoms. The Morgan fingerprint density at radius 2 is 1.94 bits per heavy atom. The molecule has 0 aliphatic heterocycles. The minimum Gasteiger partial charge on any atom is -0.395 e. The molecule has 102 valence electrons. The van der Waals surface area contributed by atoms with Crippen LogP contribution in [0, 0.1) is 0 Å². The van der Waals surface area contributed by atoms with Crippen molar-refractivity contribution in [3.8, 4) is 0 Å². The topological polar surface area (TPSA) is 49.5 Å². The molecule has 0 aromatic carbocycles. The average molecular weight is 242 g/mol. The van der Waals surface area contributed by atoms with Crippen LogP contribution in [0.15, 0.2) is 0 Å². The molecule has 2 atom stereocenters. The number of β-amino-alcohol motifs (C(OH)–C–C–N with tert-alkyl or cyclic N) is 1. The molecule has 1 aliphatic rings. The predicted molar refractivity (Wildman–Crippen MR) is 73.0 cm³/mol. The van der Waals surface area contributed by atoms with Crippen molar-refractivity contribution in [2.24, 2.45) is 5.73 Å². The first-order valence-corrected chi connectivity index (χ1v) is 7.19. The molecule has 0 aromatic heterocycles. The molecule has 0 amide bonds. The zero-order valence-electron chi connectivity index (χ0n) is 11.8. The number of hydrogen-bond acceptors (Lipinski definition) is 3. The molecule has 0 heterocycles. The van der Waals surface area contributed by atoms with E-state index in [0.29, 0.717) is 6.04 Å². The highest BCUT2D eigenvalue weighted by Gasteiger charge is 2.37. The Hall–Kier alpha value is -0.120. The lowest BCUT2D eigenvalue weighted by Gasteiger charge is -2.49. The van der Waals surface area contributed by atoms with Crippen molar-refractivity contribution in [1.82, 2.24) is 4.90 Å². The Kier molecular flexibility index (Phi) is 5.90. The second-order valence-electron chi connectivity index (χ2n) is 5.71. The van der Waals surface area contributed by atoms with Crippen LogP contribution in [-0.2, 0) is 0 Å². The molecule has 3 nitrogen and oxygen atoms in total. The summed E-state index contributed by atoms with van der Waals surface area (Å²) in [5.74, 6) is 0. The summed E-state index contributed by atoms with van der Waals surface area (Å²) in [6.45, 7) is 7.55. The quantitative estimate of drug-likeness (QED) is 0.750. The summed E-state index contributed by atoms with van der Waals surface area (Å²) in [5, 5.41) is 9.33. The van der Waals surface area contributed by atoms with Crippen molar-refractivity contribution < 1.29 is 5.11 Å². The predicted octanol–water partition coefficient (Wildman–Crippen LogP) is 2.13. The van der Waals surface area contributed by atoms with Crippen molar-refractivity contribution >= 4 is 0 Å². The van der Waals surface area contributed by atoms with Crippen LogP contribution < -0.4 is 5.73 Å². The molecule has 1 fully saturated rings. The summed E-state index contributed by atoms with van der Waals surface area (Å²) in [4.78, 5) is 2.48.